The molecule has 32 heavy (non-hydrogen) atoms. The minimum Gasteiger partial charge on any atom is -0.510 e. The number of hydrogen-bond donors (Lipinski definition) is 2. The van der Waals surface area contributed by atoms with Crippen molar-refractivity contribution < 1.29 is 28.3 Å². The topological polar surface area (TPSA) is 93.2 Å². The maximum Gasteiger partial charge on any atom is 0.274 e. The van der Waals surface area contributed by atoms with Crippen LogP contribution in [0.4, 0.5) is 8.78 Å². The molecule has 0 aromatic heterocycles. The number of aliphatic hydroxyl groups is 1. The Labute approximate surface area is 183 Å². The molecule has 3 aliphatic heterocycles. The van der Waals surface area contributed by atoms with E-state index in [1.165, 1.54) is 20.8 Å². The minimum atomic E-state index is -0.782. The first kappa shape index (κ1) is 21.8. The van der Waals surface area contributed by atoms with Crippen LogP contribution in [-0.4, -0.2) is 69.7 Å². The van der Waals surface area contributed by atoms with E-state index in [9.17, 15) is 28.3 Å². The van der Waals surface area contributed by atoms with Crippen molar-refractivity contribution in [2.75, 3.05) is 20.1 Å². The fourth-order valence-corrected chi connectivity index (χ4v) is 4.35. The Morgan fingerprint density at radius 2 is 2.00 bits per heavy atom. The minimum absolute atomic E-state index is 0.0209. The summed E-state index contributed by atoms with van der Waals surface area (Å²) in [5.41, 5.74) is 0.784. The molecule has 3 heterocycles. The van der Waals surface area contributed by atoms with Crippen molar-refractivity contribution in [3.8, 4) is 0 Å². The van der Waals surface area contributed by atoms with Gasteiger partial charge in [-0.25, -0.2) is 8.78 Å². The molecule has 170 valence electrons. The molecule has 1 aromatic carbocycles. The van der Waals surface area contributed by atoms with Crippen LogP contribution < -0.4 is 5.32 Å². The number of likely N-dealkylation sites (N-methyl/N-ethyl adjacent to an activating group) is 1. The molecule has 0 spiro atoms. The molecule has 0 aliphatic carbocycles. The molecule has 3 aliphatic rings. The van der Waals surface area contributed by atoms with Gasteiger partial charge in [-0.15, -0.1) is 0 Å². The molecule has 4 rings (SSSR count). The zero-order valence-electron chi connectivity index (χ0n) is 18.0. The third-order valence-electron chi connectivity index (χ3n) is 6.04. The quantitative estimate of drug-likeness (QED) is 0.730. The first-order valence-corrected chi connectivity index (χ1v) is 10.3. The van der Waals surface area contributed by atoms with Crippen LogP contribution in [0.25, 0.3) is 0 Å². The van der Waals surface area contributed by atoms with Crippen molar-refractivity contribution in [1.82, 2.24) is 20.0 Å². The highest BCUT2D eigenvalue weighted by Crippen LogP contribution is 2.39. The molecule has 8 nitrogen and oxygen atoms in total. The van der Waals surface area contributed by atoms with Crippen LogP contribution >= 0.6 is 0 Å². The molecule has 1 unspecified atom stereocenters. The van der Waals surface area contributed by atoms with Gasteiger partial charge in [0, 0.05) is 49.0 Å². The lowest BCUT2D eigenvalue weighted by molar-refractivity contribution is -0.147. The largest absolute Gasteiger partial charge is 0.510 e. The number of hydrogen-bond acceptors (Lipinski definition) is 5. The Kier molecular flexibility index (Phi) is 5.39. The first-order valence-electron chi connectivity index (χ1n) is 10.3. The molecule has 2 saturated heterocycles. The average molecular weight is 446 g/mol. The molecular formula is C22H24F2N4O4. The van der Waals surface area contributed by atoms with E-state index >= 15 is 0 Å². The molecular weight excluding hydrogens is 422 g/mol. The van der Waals surface area contributed by atoms with Crippen molar-refractivity contribution in [1.29, 1.82) is 0 Å². The molecule has 1 atom stereocenters. The van der Waals surface area contributed by atoms with Crippen molar-refractivity contribution in [2.45, 2.75) is 38.9 Å². The molecule has 0 saturated carbocycles. The van der Waals surface area contributed by atoms with Gasteiger partial charge < -0.3 is 25.1 Å². The maximum atomic E-state index is 13.9. The monoisotopic (exact) mass is 446 g/mol. The first-order chi connectivity index (χ1) is 15.1. The standard InChI is InChI=1S/C22H24F2N4O4/c1-11(2)27-10-17-21(31)26(3)9-16-14(7-18(29)19(22(27)32)28(16)17)20(30)25-8-12-4-5-13(23)6-15(12)24/h4-6,11,17,29H,7-10H2,1-3H3,(H,25,30). The van der Waals surface area contributed by atoms with Crippen LogP contribution in [0.1, 0.15) is 25.8 Å². The van der Waals surface area contributed by atoms with E-state index in [0.717, 1.165) is 12.1 Å². The van der Waals surface area contributed by atoms with Crippen molar-refractivity contribution in [2.24, 2.45) is 0 Å². The molecule has 0 bridgehead atoms. The third-order valence-corrected chi connectivity index (χ3v) is 6.04. The highest BCUT2D eigenvalue weighted by molar-refractivity contribution is 6.02. The number of carbonyl (C=O) groups excluding carboxylic acids is 3. The van der Waals surface area contributed by atoms with Gasteiger partial charge in [-0.3, -0.25) is 14.4 Å². The highest BCUT2D eigenvalue weighted by Gasteiger charge is 2.50. The summed E-state index contributed by atoms with van der Waals surface area (Å²) in [5.74, 6) is -2.96. The Hall–Kier alpha value is -3.43. The predicted octanol–water partition coefficient (Wildman–Crippen LogP) is 1.40. The van der Waals surface area contributed by atoms with Gasteiger partial charge in [0.15, 0.2) is 0 Å². The smallest absolute Gasteiger partial charge is 0.274 e. The molecule has 0 radical (unpaired) electrons. The van der Waals surface area contributed by atoms with Gasteiger partial charge in [0.25, 0.3) is 5.91 Å². The number of piperazine rings is 2. The van der Waals surface area contributed by atoms with E-state index in [0.29, 0.717) is 5.70 Å². The molecule has 2 N–H and O–H groups in total. The van der Waals surface area contributed by atoms with Gasteiger partial charge in [0.05, 0.1) is 13.1 Å². The summed E-state index contributed by atoms with van der Waals surface area (Å²) in [6.07, 6.45) is -0.189. The SMILES string of the molecule is CC(C)N1CC2C(=O)N(C)CC3=C(C(=O)NCc4ccc(F)cc4F)CC(O)=C(C1=O)N32. The Morgan fingerprint density at radius 3 is 2.66 bits per heavy atom. The van der Waals surface area contributed by atoms with E-state index in [1.54, 1.807) is 7.05 Å². The van der Waals surface area contributed by atoms with E-state index in [1.807, 2.05) is 13.8 Å². The molecule has 1 aromatic rings. The summed E-state index contributed by atoms with van der Waals surface area (Å²) >= 11 is 0. The van der Waals surface area contributed by atoms with Crippen molar-refractivity contribution >= 4 is 17.7 Å². The average Bonchev–Trinajstić information content (AvgIpc) is 2.73. The number of nitrogens with zero attached hydrogens (tertiary/aromatic N) is 3. The molecule has 2 fully saturated rings. The van der Waals surface area contributed by atoms with Crippen LogP contribution in [0.15, 0.2) is 40.9 Å². The normalized spacial score (nSPS) is 20.9. The third kappa shape index (κ3) is 3.49. The van der Waals surface area contributed by atoms with E-state index in [4.69, 9.17) is 0 Å². The number of nitrogens with one attached hydrogen (secondary N) is 1. The Bertz CT molecular complexity index is 1080. The van der Waals surface area contributed by atoms with Gasteiger partial charge in [-0.1, -0.05) is 6.07 Å². The number of amides is 3. The Balaban J connectivity index is 1.66. The second-order valence-corrected chi connectivity index (χ2v) is 8.45. The van der Waals surface area contributed by atoms with Crippen LogP contribution in [0.3, 0.4) is 0 Å². The summed E-state index contributed by atoms with van der Waals surface area (Å²) in [7, 11) is 1.62. The van der Waals surface area contributed by atoms with Crippen LogP contribution in [0, 0.1) is 11.6 Å². The number of benzene rings is 1. The summed E-state index contributed by atoms with van der Waals surface area (Å²) in [4.78, 5) is 43.4. The fraction of sp³-hybridized carbons (Fsp3) is 0.409. The second kappa shape index (κ2) is 7.92. The molecule has 3 amide bonds. The van der Waals surface area contributed by atoms with E-state index in [2.05, 4.69) is 5.32 Å². The molecule has 10 heteroatoms. The number of carbonyl (C=O) groups is 3. The van der Waals surface area contributed by atoms with Gasteiger partial charge in [0.1, 0.15) is 29.1 Å². The van der Waals surface area contributed by atoms with Crippen LogP contribution in [0.2, 0.25) is 0 Å². The number of aliphatic hydroxyl groups excluding tert-OH is 1. The van der Waals surface area contributed by atoms with E-state index in [-0.39, 0.29) is 60.6 Å². The lowest BCUT2D eigenvalue weighted by Gasteiger charge is -2.51. The summed E-state index contributed by atoms with van der Waals surface area (Å²) in [6.45, 7) is 3.70. The van der Waals surface area contributed by atoms with Crippen molar-refractivity contribution in [3.05, 3.63) is 58.1 Å². The van der Waals surface area contributed by atoms with Gasteiger partial charge in [-0.05, 0) is 19.9 Å². The number of rotatable bonds is 4. The van der Waals surface area contributed by atoms with Gasteiger partial charge in [0.2, 0.25) is 11.8 Å². The summed E-state index contributed by atoms with van der Waals surface area (Å²) < 4.78 is 27.0. The zero-order valence-corrected chi connectivity index (χ0v) is 18.0. The maximum absolute atomic E-state index is 13.9. The van der Waals surface area contributed by atoms with Gasteiger partial charge >= 0.3 is 0 Å². The lowest BCUT2D eigenvalue weighted by Crippen LogP contribution is -2.65. The predicted molar refractivity (Wildman–Crippen MR) is 110 cm³/mol. The van der Waals surface area contributed by atoms with Crippen LogP contribution in [0.5, 0.6) is 0 Å². The van der Waals surface area contributed by atoms with Gasteiger partial charge in [-0.2, -0.15) is 0 Å². The zero-order chi connectivity index (χ0) is 23.3. The van der Waals surface area contributed by atoms with E-state index < -0.39 is 29.5 Å². The van der Waals surface area contributed by atoms with Crippen molar-refractivity contribution in [3.63, 3.8) is 0 Å². The summed E-state index contributed by atoms with van der Waals surface area (Å²) in [6, 6.07) is 2.15. The summed E-state index contributed by atoms with van der Waals surface area (Å²) in [5, 5.41) is 13.3. The highest BCUT2D eigenvalue weighted by atomic mass is 19.1. The Morgan fingerprint density at radius 1 is 1.28 bits per heavy atom. The lowest BCUT2D eigenvalue weighted by atomic mass is 9.92. The second-order valence-electron chi connectivity index (χ2n) is 8.45. The number of halogens is 2. The number of allylic oxidation sites excluding steroid dienone is 1. The fourth-order valence-electron chi connectivity index (χ4n) is 4.35. The van der Waals surface area contributed by atoms with Crippen LogP contribution in [-0.2, 0) is 20.9 Å².